The van der Waals surface area contributed by atoms with E-state index in [9.17, 15) is 8.42 Å². The fourth-order valence-corrected chi connectivity index (χ4v) is 5.94. The molecule has 2 aliphatic heterocycles. The van der Waals surface area contributed by atoms with Gasteiger partial charge in [-0.25, -0.2) is 8.42 Å². The summed E-state index contributed by atoms with van der Waals surface area (Å²) in [7, 11) is -3.53. The number of anilines is 1. The van der Waals surface area contributed by atoms with Crippen molar-refractivity contribution in [3.63, 3.8) is 0 Å². The highest BCUT2D eigenvalue weighted by molar-refractivity contribution is 7.89. The molecule has 0 amide bonds. The number of fused-ring (bicyclic) bond motifs is 1. The molecule has 132 valence electrons. The van der Waals surface area contributed by atoms with E-state index in [1.807, 2.05) is 25.1 Å². The van der Waals surface area contributed by atoms with Crippen molar-refractivity contribution >= 4 is 15.7 Å². The Labute approximate surface area is 144 Å². The topological polar surface area (TPSA) is 49.9 Å². The fourth-order valence-electron chi connectivity index (χ4n) is 3.94. The largest absolute Gasteiger partial charge is 0.489 e. The predicted molar refractivity (Wildman–Crippen MR) is 94.1 cm³/mol. The van der Waals surface area contributed by atoms with Gasteiger partial charge >= 0.3 is 0 Å². The zero-order valence-corrected chi connectivity index (χ0v) is 15.3. The molecule has 0 N–H and O–H groups in total. The highest BCUT2D eigenvalue weighted by Crippen LogP contribution is 2.43. The van der Waals surface area contributed by atoms with Crippen LogP contribution >= 0.6 is 0 Å². The Morgan fingerprint density at radius 2 is 1.88 bits per heavy atom. The van der Waals surface area contributed by atoms with Crippen molar-refractivity contribution in [2.45, 2.75) is 69.0 Å². The van der Waals surface area contributed by atoms with Gasteiger partial charge in [-0.3, -0.25) is 0 Å². The highest BCUT2D eigenvalue weighted by atomic mass is 32.2. The molecule has 1 aliphatic carbocycles. The molecule has 0 spiro atoms. The van der Waals surface area contributed by atoms with Gasteiger partial charge in [-0.1, -0.05) is 6.07 Å². The summed E-state index contributed by atoms with van der Waals surface area (Å²) < 4.78 is 34.7. The van der Waals surface area contributed by atoms with Crippen LogP contribution in [0.5, 0.6) is 5.75 Å². The minimum absolute atomic E-state index is 0.0201. The zero-order chi connectivity index (χ0) is 16.9. The predicted octanol–water partition coefficient (Wildman–Crippen LogP) is 3.00. The molecule has 1 saturated heterocycles. The van der Waals surface area contributed by atoms with Gasteiger partial charge in [-0.15, -0.1) is 0 Å². The van der Waals surface area contributed by atoms with Crippen LogP contribution < -0.4 is 9.64 Å². The Bertz CT molecular complexity index is 730. The van der Waals surface area contributed by atoms with Gasteiger partial charge in [-0.05, 0) is 58.1 Å². The lowest BCUT2D eigenvalue weighted by Crippen LogP contribution is -2.39. The second-order valence-corrected chi connectivity index (χ2v) is 9.18. The molecule has 2 fully saturated rings. The maximum absolute atomic E-state index is 13.5. The number of nitrogens with zero attached hydrogens (tertiary/aromatic N) is 2. The minimum Gasteiger partial charge on any atom is -0.489 e. The maximum atomic E-state index is 13.5. The highest BCUT2D eigenvalue weighted by Gasteiger charge is 2.42. The number of ether oxygens (including phenoxy) is 1. The van der Waals surface area contributed by atoms with E-state index in [0.29, 0.717) is 23.2 Å². The lowest BCUT2D eigenvalue weighted by Gasteiger charge is -2.33. The Kier molecular flexibility index (Phi) is 4.00. The normalized spacial score (nSPS) is 30.3. The Morgan fingerprint density at radius 1 is 1.08 bits per heavy atom. The molecule has 1 aromatic rings. The van der Waals surface area contributed by atoms with Crippen LogP contribution in [-0.2, 0) is 10.0 Å². The van der Waals surface area contributed by atoms with Crippen molar-refractivity contribution in [1.82, 2.24) is 4.31 Å². The van der Waals surface area contributed by atoms with Crippen LogP contribution in [0.4, 0.5) is 5.69 Å². The maximum Gasteiger partial charge on any atom is 0.249 e. The molecule has 0 radical (unpaired) electrons. The van der Waals surface area contributed by atoms with Gasteiger partial charge in [0.2, 0.25) is 10.0 Å². The number of rotatable bonds is 2. The van der Waals surface area contributed by atoms with Gasteiger partial charge in [-0.2, -0.15) is 4.31 Å². The SMILES string of the molecule is C[C@@H]1CCN(C2CC2)S(=O)(=O)c2c(cccc2N2CCC[C@H]2C)O1. The monoisotopic (exact) mass is 350 g/mol. The fraction of sp³-hybridized carbons (Fsp3) is 0.667. The lowest BCUT2D eigenvalue weighted by atomic mass is 10.2. The average molecular weight is 350 g/mol. The second kappa shape index (κ2) is 5.92. The smallest absolute Gasteiger partial charge is 0.249 e. The minimum atomic E-state index is -3.53. The van der Waals surface area contributed by atoms with E-state index >= 15 is 0 Å². The van der Waals surface area contributed by atoms with E-state index in [-0.39, 0.29) is 12.1 Å². The Hall–Kier alpha value is -1.27. The summed E-state index contributed by atoms with van der Waals surface area (Å²) >= 11 is 0. The number of benzene rings is 1. The molecular formula is C18H26N2O3S. The molecule has 2 atom stereocenters. The van der Waals surface area contributed by atoms with Crippen molar-refractivity contribution in [3.05, 3.63) is 18.2 Å². The van der Waals surface area contributed by atoms with E-state index in [1.165, 1.54) is 0 Å². The first-order valence-electron chi connectivity index (χ1n) is 9.06. The number of sulfonamides is 1. The van der Waals surface area contributed by atoms with Crippen LogP contribution in [-0.4, -0.2) is 44.0 Å². The molecule has 1 saturated carbocycles. The molecule has 24 heavy (non-hydrogen) atoms. The summed E-state index contributed by atoms with van der Waals surface area (Å²) in [6, 6.07) is 6.22. The summed E-state index contributed by atoms with van der Waals surface area (Å²) in [5.74, 6) is 0.518. The third-order valence-electron chi connectivity index (χ3n) is 5.43. The van der Waals surface area contributed by atoms with Gasteiger partial charge in [0.1, 0.15) is 10.6 Å². The molecule has 0 aromatic heterocycles. The Morgan fingerprint density at radius 3 is 2.54 bits per heavy atom. The number of hydrogen-bond donors (Lipinski definition) is 0. The zero-order valence-electron chi connectivity index (χ0n) is 14.4. The van der Waals surface area contributed by atoms with Crippen LogP contribution in [0.3, 0.4) is 0 Å². The molecule has 3 aliphatic rings. The van der Waals surface area contributed by atoms with E-state index < -0.39 is 10.0 Å². The molecule has 5 nitrogen and oxygen atoms in total. The van der Waals surface area contributed by atoms with E-state index in [1.54, 1.807) is 4.31 Å². The summed E-state index contributed by atoms with van der Waals surface area (Å²) in [6.45, 7) is 5.66. The van der Waals surface area contributed by atoms with E-state index in [4.69, 9.17) is 4.74 Å². The van der Waals surface area contributed by atoms with E-state index in [2.05, 4.69) is 11.8 Å². The average Bonchev–Trinajstić information content (AvgIpc) is 3.26. The molecular weight excluding hydrogens is 324 g/mol. The second-order valence-electron chi connectivity index (χ2n) is 7.35. The standard InChI is InChI=1S/C18H26N2O3S/c1-13-5-4-11-19(13)16-6-3-7-17-18(16)24(21,22)20(15-8-9-15)12-10-14(2)23-17/h3,6-7,13-15H,4-5,8-12H2,1-2H3/t13-,14-/m1/s1. The molecule has 4 rings (SSSR count). The van der Waals surface area contributed by atoms with Crippen molar-refractivity contribution in [2.75, 3.05) is 18.0 Å². The van der Waals surface area contributed by atoms with Crippen molar-refractivity contribution < 1.29 is 13.2 Å². The van der Waals surface area contributed by atoms with E-state index in [0.717, 1.165) is 44.3 Å². The third-order valence-corrected chi connectivity index (χ3v) is 7.45. The summed E-state index contributed by atoms with van der Waals surface area (Å²) in [4.78, 5) is 2.62. The van der Waals surface area contributed by atoms with Crippen LogP contribution in [0.2, 0.25) is 0 Å². The Balaban J connectivity index is 1.87. The molecule has 1 aromatic carbocycles. The molecule has 2 heterocycles. The van der Waals surface area contributed by atoms with Gasteiger partial charge in [0.15, 0.2) is 0 Å². The van der Waals surface area contributed by atoms with Crippen molar-refractivity contribution in [1.29, 1.82) is 0 Å². The van der Waals surface area contributed by atoms with Gasteiger partial charge in [0.25, 0.3) is 0 Å². The first-order chi connectivity index (χ1) is 11.5. The summed E-state index contributed by atoms with van der Waals surface area (Å²) in [5.41, 5.74) is 0.817. The van der Waals surface area contributed by atoms with Crippen LogP contribution in [0.1, 0.15) is 46.0 Å². The summed E-state index contributed by atoms with van der Waals surface area (Å²) in [6.07, 6.45) is 4.92. The van der Waals surface area contributed by atoms with Gasteiger partial charge < -0.3 is 9.64 Å². The van der Waals surface area contributed by atoms with Crippen molar-refractivity contribution in [3.8, 4) is 5.75 Å². The van der Waals surface area contributed by atoms with Crippen LogP contribution in [0.15, 0.2) is 23.1 Å². The first kappa shape index (κ1) is 16.2. The lowest BCUT2D eigenvalue weighted by molar-refractivity contribution is 0.186. The molecule has 6 heteroatoms. The van der Waals surface area contributed by atoms with Crippen LogP contribution in [0.25, 0.3) is 0 Å². The number of hydrogen-bond acceptors (Lipinski definition) is 4. The molecule has 0 unspecified atom stereocenters. The van der Waals surface area contributed by atoms with Crippen LogP contribution in [0, 0.1) is 0 Å². The van der Waals surface area contributed by atoms with Crippen molar-refractivity contribution in [2.24, 2.45) is 0 Å². The molecule has 0 bridgehead atoms. The summed E-state index contributed by atoms with van der Waals surface area (Å²) in [5, 5.41) is 0. The quantitative estimate of drug-likeness (QED) is 0.823. The first-order valence-corrected chi connectivity index (χ1v) is 10.5. The van der Waals surface area contributed by atoms with Gasteiger partial charge in [0, 0.05) is 25.2 Å². The van der Waals surface area contributed by atoms with Gasteiger partial charge in [0.05, 0.1) is 11.8 Å². The third kappa shape index (κ3) is 2.69.